The first-order chi connectivity index (χ1) is 9.56. The predicted octanol–water partition coefficient (Wildman–Crippen LogP) is 3.46. The maximum absolute atomic E-state index is 12.9. The van der Waals surface area contributed by atoms with Crippen molar-refractivity contribution in [1.82, 2.24) is 0 Å². The molecule has 0 heterocycles. The number of halogens is 2. The van der Waals surface area contributed by atoms with E-state index in [0.717, 1.165) is 5.56 Å². The molecule has 0 radical (unpaired) electrons. The molecule has 0 aromatic heterocycles. The van der Waals surface area contributed by atoms with Gasteiger partial charge < -0.3 is 10.5 Å². The number of esters is 1. The second kappa shape index (κ2) is 6.52. The topological polar surface area (TPSA) is 52.3 Å². The van der Waals surface area contributed by atoms with E-state index >= 15 is 0 Å². The van der Waals surface area contributed by atoms with Gasteiger partial charge in [0.25, 0.3) is 0 Å². The molecule has 2 N–H and O–H groups in total. The van der Waals surface area contributed by atoms with Gasteiger partial charge in [-0.1, -0.05) is 40.2 Å². The summed E-state index contributed by atoms with van der Waals surface area (Å²) in [5.74, 6) is -0.719. The molecule has 104 valence electrons. The van der Waals surface area contributed by atoms with Crippen LogP contribution in [0.25, 0.3) is 0 Å². The molecule has 0 aliphatic carbocycles. The average molecular weight is 338 g/mol. The van der Waals surface area contributed by atoms with E-state index in [0.29, 0.717) is 15.7 Å². The number of para-hydroxylation sites is 1. The lowest BCUT2D eigenvalue weighted by Crippen LogP contribution is -2.09. The Balaban J connectivity index is 1.94. The standard InChI is InChI=1S/C15H13BrFNO2/c16-13-8-12(17)6-5-11(13)9-20-15(19)7-10-3-1-2-4-14(10)18/h1-6,8H,7,9,18H2. The van der Waals surface area contributed by atoms with E-state index in [1.165, 1.54) is 12.1 Å². The Kier molecular flexibility index (Phi) is 4.74. The number of carbonyl (C=O) groups excluding carboxylic acids is 1. The molecule has 0 unspecified atom stereocenters. The number of nitrogen functional groups attached to an aromatic ring is 1. The van der Waals surface area contributed by atoms with Crippen molar-refractivity contribution in [2.45, 2.75) is 13.0 Å². The van der Waals surface area contributed by atoms with Crippen LogP contribution in [0, 0.1) is 5.82 Å². The van der Waals surface area contributed by atoms with Crippen LogP contribution in [0.4, 0.5) is 10.1 Å². The molecule has 0 amide bonds. The average Bonchev–Trinajstić information content (AvgIpc) is 2.40. The number of carbonyl (C=O) groups is 1. The molecule has 0 bridgehead atoms. The number of anilines is 1. The van der Waals surface area contributed by atoms with Gasteiger partial charge in [-0.3, -0.25) is 4.79 Å². The minimum atomic E-state index is -0.376. The van der Waals surface area contributed by atoms with E-state index in [1.54, 1.807) is 24.3 Å². The fourth-order valence-electron chi connectivity index (χ4n) is 1.70. The Morgan fingerprint density at radius 3 is 2.65 bits per heavy atom. The first-order valence-electron chi connectivity index (χ1n) is 5.99. The zero-order valence-electron chi connectivity index (χ0n) is 10.6. The van der Waals surface area contributed by atoms with Crippen molar-refractivity contribution < 1.29 is 13.9 Å². The monoisotopic (exact) mass is 337 g/mol. The highest BCUT2D eigenvalue weighted by molar-refractivity contribution is 9.10. The fraction of sp³-hybridized carbons (Fsp3) is 0.133. The third kappa shape index (κ3) is 3.81. The third-order valence-electron chi connectivity index (χ3n) is 2.79. The van der Waals surface area contributed by atoms with Gasteiger partial charge in [0.05, 0.1) is 6.42 Å². The van der Waals surface area contributed by atoms with Gasteiger partial charge in [-0.05, 0) is 23.8 Å². The molecule has 0 aliphatic rings. The molecule has 2 aromatic carbocycles. The van der Waals surface area contributed by atoms with Crippen molar-refractivity contribution in [3.63, 3.8) is 0 Å². The summed E-state index contributed by atoms with van der Waals surface area (Å²) in [4.78, 5) is 11.7. The summed E-state index contributed by atoms with van der Waals surface area (Å²) in [7, 11) is 0. The Morgan fingerprint density at radius 2 is 1.95 bits per heavy atom. The van der Waals surface area contributed by atoms with Gasteiger partial charge in [-0.2, -0.15) is 0 Å². The summed E-state index contributed by atoms with van der Waals surface area (Å²) < 4.78 is 18.7. The highest BCUT2D eigenvalue weighted by Crippen LogP contribution is 2.19. The Labute approximate surface area is 124 Å². The van der Waals surface area contributed by atoms with E-state index in [1.807, 2.05) is 6.07 Å². The van der Waals surface area contributed by atoms with Crippen molar-refractivity contribution in [2.24, 2.45) is 0 Å². The minimum Gasteiger partial charge on any atom is -0.461 e. The van der Waals surface area contributed by atoms with E-state index in [4.69, 9.17) is 10.5 Å². The van der Waals surface area contributed by atoms with Crippen LogP contribution >= 0.6 is 15.9 Å². The van der Waals surface area contributed by atoms with Crippen molar-refractivity contribution in [3.8, 4) is 0 Å². The van der Waals surface area contributed by atoms with Crippen LogP contribution in [0.3, 0.4) is 0 Å². The maximum Gasteiger partial charge on any atom is 0.310 e. The summed E-state index contributed by atoms with van der Waals surface area (Å²) in [6.07, 6.45) is 0.117. The Morgan fingerprint density at radius 1 is 1.20 bits per heavy atom. The minimum absolute atomic E-state index is 0.0897. The normalized spacial score (nSPS) is 10.3. The zero-order chi connectivity index (χ0) is 14.5. The number of ether oxygens (including phenoxy) is 1. The summed E-state index contributed by atoms with van der Waals surface area (Å²) in [5, 5.41) is 0. The third-order valence-corrected chi connectivity index (χ3v) is 3.53. The molecule has 0 atom stereocenters. The molecule has 0 saturated carbocycles. The molecule has 2 rings (SSSR count). The van der Waals surface area contributed by atoms with Crippen LogP contribution in [-0.4, -0.2) is 5.97 Å². The summed E-state index contributed by atoms with van der Waals surface area (Å²) in [6, 6.07) is 11.4. The molecule has 0 spiro atoms. The van der Waals surface area contributed by atoms with Gasteiger partial charge >= 0.3 is 5.97 Å². The van der Waals surface area contributed by atoms with Crippen molar-refractivity contribution >= 4 is 27.6 Å². The van der Waals surface area contributed by atoms with Crippen LogP contribution in [0.5, 0.6) is 0 Å². The molecular formula is C15H13BrFNO2. The molecule has 0 aliphatic heterocycles. The van der Waals surface area contributed by atoms with Gasteiger partial charge in [0.15, 0.2) is 0 Å². The zero-order valence-corrected chi connectivity index (χ0v) is 12.2. The van der Waals surface area contributed by atoms with Gasteiger partial charge in [0.1, 0.15) is 12.4 Å². The quantitative estimate of drug-likeness (QED) is 0.686. The van der Waals surface area contributed by atoms with Crippen molar-refractivity contribution in [3.05, 3.63) is 63.9 Å². The summed E-state index contributed by atoms with van der Waals surface area (Å²) in [6.45, 7) is 0.0897. The van der Waals surface area contributed by atoms with Crippen LogP contribution < -0.4 is 5.73 Å². The highest BCUT2D eigenvalue weighted by Gasteiger charge is 2.09. The molecule has 5 heteroatoms. The summed E-state index contributed by atoms with van der Waals surface area (Å²) in [5.41, 5.74) is 7.76. The lowest BCUT2D eigenvalue weighted by atomic mass is 10.1. The number of rotatable bonds is 4. The first kappa shape index (κ1) is 14.5. The second-order valence-electron chi connectivity index (χ2n) is 4.27. The smallest absolute Gasteiger partial charge is 0.310 e. The van der Waals surface area contributed by atoms with Crippen LogP contribution in [0.1, 0.15) is 11.1 Å². The van der Waals surface area contributed by atoms with Gasteiger partial charge in [-0.25, -0.2) is 4.39 Å². The van der Waals surface area contributed by atoms with E-state index in [2.05, 4.69) is 15.9 Å². The number of hydrogen-bond acceptors (Lipinski definition) is 3. The SMILES string of the molecule is Nc1ccccc1CC(=O)OCc1ccc(F)cc1Br. The van der Waals surface area contributed by atoms with Crippen LogP contribution in [0.15, 0.2) is 46.9 Å². The van der Waals surface area contributed by atoms with Crippen molar-refractivity contribution in [2.75, 3.05) is 5.73 Å². The highest BCUT2D eigenvalue weighted by atomic mass is 79.9. The lowest BCUT2D eigenvalue weighted by Gasteiger charge is -2.08. The maximum atomic E-state index is 12.9. The Bertz CT molecular complexity index is 631. The van der Waals surface area contributed by atoms with Crippen molar-refractivity contribution in [1.29, 1.82) is 0 Å². The van der Waals surface area contributed by atoms with Crippen LogP contribution in [-0.2, 0) is 22.6 Å². The van der Waals surface area contributed by atoms with Gasteiger partial charge in [-0.15, -0.1) is 0 Å². The van der Waals surface area contributed by atoms with Gasteiger partial charge in [0.2, 0.25) is 0 Å². The molecule has 20 heavy (non-hydrogen) atoms. The largest absolute Gasteiger partial charge is 0.461 e. The number of benzene rings is 2. The first-order valence-corrected chi connectivity index (χ1v) is 6.78. The van der Waals surface area contributed by atoms with E-state index in [-0.39, 0.29) is 24.8 Å². The number of nitrogens with two attached hydrogens (primary N) is 1. The molecular weight excluding hydrogens is 325 g/mol. The molecule has 2 aromatic rings. The predicted molar refractivity (Wildman–Crippen MR) is 78.5 cm³/mol. The molecule has 0 saturated heterocycles. The van der Waals surface area contributed by atoms with Crippen LogP contribution in [0.2, 0.25) is 0 Å². The molecule has 0 fully saturated rings. The number of hydrogen-bond donors (Lipinski definition) is 1. The fourth-order valence-corrected chi connectivity index (χ4v) is 2.16. The van der Waals surface area contributed by atoms with Gasteiger partial charge in [0, 0.05) is 15.7 Å². The second-order valence-corrected chi connectivity index (χ2v) is 5.13. The van der Waals surface area contributed by atoms with E-state index < -0.39 is 0 Å². The summed E-state index contributed by atoms with van der Waals surface area (Å²) >= 11 is 3.22. The lowest BCUT2D eigenvalue weighted by molar-refractivity contribution is -0.144. The van der Waals surface area contributed by atoms with E-state index in [9.17, 15) is 9.18 Å². The molecule has 3 nitrogen and oxygen atoms in total. The Hall–Kier alpha value is -1.88.